The Balaban J connectivity index is 2.23. The molecule has 0 bridgehead atoms. The lowest BCUT2D eigenvalue weighted by Crippen LogP contribution is -2.34. The molecule has 0 amide bonds. The molecule has 0 saturated carbocycles. The Morgan fingerprint density at radius 2 is 2.16 bits per heavy atom. The van der Waals surface area contributed by atoms with Gasteiger partial charge in [-0.1, -0.05) is 28.9 Å². The molecule has 2 N–H and O–H groups in total. The zero-order chi connectivity index (χ0) is 14.0. The van der Waals surface area contributed by atoms with Crippen molar-refractivity contribution in [3.05, 3.63) is 28.2 Å². The van der Waals surface area contributed by atoms with Crippen molar-refractivity contribution in [1.82, 2.24) is 0 Å². The molecule has 0 spiro atoms. The standard InChI is InChI=1S/C16H25BrN2/c1-4-14-7-5-12(3)19(14)15-8-6-13(9-11(2)18)16(17)10-15/h6,8,10-12,14H,4-5,7,9,18H2,1-3H3. The zero-order valence-corrected chi connectivity index (χ0v) is 13.8. The van der Waals surface area contributed by atoms with E-state index in [1.165, 1.54) is 35.0 Å². The second kappa shape index (κ2) is 6.27. The van der Waals surface area contributed by atoms with E-state index in [9.17, 15) is 0 Å². The van der Waals surface area contributed by atoms with Crippen molar-refractivity contribution in [2.24, 2.45) is 5.73 Å². The Labute approximate surface area is 125 Å². The van der Waals surface area contributed by atoms with Crippen molar-refractivity contribution in [3.8, 4) is 0 Å². The number of rotatable bonds is 4. The topological polar surface area (TPSA) is 29.3 Å². The van der Waals surface area contributed by atoms with Crippen LogP contribution < -0.4 is 10.6 Å². The third kappa shape index (κ3) is 3.32. The van der Waals surface area contributed by atoms with Crippen LogP contribution in [0, 0.1) is 0 Å². The number of anilines is 1. The molecule has 1 heterocycles. The van der Waals surface area contributed by atoms with Crippen molar-refractivity contribution in [2.75, 3.05) is 4.90 Å². The van der Waals surface area contributed by atoms with E-state index < -0.39 is 0 Å². The van der Waals surface area contributed by atoms with Gasteiger partial charge in [-0.2, -0.15) is 0 Å². The average Bonchev–Trinajstić information content (AvgIpc) is 2.72. The highest BCUT2D eigenvalue weighted by Crippen LogP contribution is 2.34. The highest BCUT2D eigenvalue weighted by atomic mass is 79.9. The maximum absolute atomic E-state index is 5.89. The first kappa shape index (κ1) is 14.9. The molecule has 106 valence electrons. The van der Waals surface area contributed by atoms with Gasteiger partial charge in [-0.25, -0.2) is 0 Å². The summed E-state index contributed by atoms with van der Waals surface area (Å²) in [6, 6.07) is 8.30. The van der Waals surface area contributed by atoms with Crippen molar-refractivity contribution in [1.29, 1.82) is 0 Å². The van der Waals surface area contributed by atoms with E-state index in [1.54, 1.807) is 0 Å². The van der Waals surface area contributed by atoms with Crippen LogP contribution in [-0.2, 0) is 6.42 Å². The first-order chi connectivity index (χ1) is 9.02. The van der Waals surface area contributed by atoms with E-state index in [1.807, 2.05) is 0 Å². The Morgan fingerprint density at radius 1 is 1.42 bits per heavy atom. The van der Waals surface area contributed by atoms with Gasteiger partial charge in [0.2, 0.25) is 0 Å². The molecule has 3 unspecified atom stereocenters. The monoisotopic (exact) mass is 324 g/mol. The van der Waals surface area contributed by atoms with Crippen LogP contribution in [-0.4, -0.2) is 18.1 Å². The zero-order valence-electron chi connectivity index (χ0n) is 12.2. The van der Waals surface area contributed by atoms with E-state index >= 15 is 0 Å². The Bertz CT molecular complexity index is 431. The van der Waals surface area contributed by atoms with Gasteiger partial charge < -0.3 is 10.6 Å². The van der Waals surface area contributed by atoms with Gasteiger partial charge in [-0.15, -0.1) is 0 Å². The van der Waals surface area contributed by atoms with Crippen LogP contribution in [0.3, 0.4) is 0 Å². The normalized spacial score (nSPS) is 24.8. The minimum Gasteiger partial charge on any atom is -0.366 e. The Morgan fingerprint density at radius 3 is 2.74 bits per heavy atom. The molecule has 2 nitrogen and oxygen atoms in total. The van der Waals surface area contributed by atoms with Gasteiger partial charge in [-0.3, -0.25) is 0 Å². The summed E-state index contributed by atoms with van der Waals surface area (Å²) < 4.78 is 1.19. The third-order valence-electron chi connectivity index (χ3n) is 4.13. The number of benzene rings is 1. The minimum atomic E-state index is 0.205. The van der Waals surface area contributed by atoms with Crippen LogP contribution in [0.4, 0.5) is 5.69 Å². The predicted molar refractivity (Wildman–Crippen MR) is 86.7 cm³/mol. The highest BCUT2D eigenvalue weighted by Gasteiger charge is 2.29. The fraction of sp³-hybridized carbons (Fsp3) is 0.625. The molecule has 0 radical (unpaired) electrons. The number of hydrogen-bond acceptors (Lipinski definition) is 2. The molecule has 1 aliphatic rings. The largest absolute Gasteiger partial charge is 0.366 e. The summed E-state index contributed by atoms with van der Waals surface area (Å²) >= 11 is 3.70. The van der Waals surface area contributed by atoms with E-state index in [4.69, 9.17) is 5.73 Å². The Hall–Kier alpha value is -0.540. The van der Waals surface area contributed by atoms with E-state index in [0.29, 0.717) is 12.1 Å². The van der Waals surface area contributed by atoms with Gasteiger partial charge in [0.25, 0.3) is 0 Å². The van der Waals surface area contributed by atoms with Gasteiger partial charge in [0, 0.05) is 28.3 Å². The number of nitrogens with two attached hydrogens (primary N) is 1. The molecule has 1 aliphatic heterocycles. The molecule has 0 aliphatic carbocycles. The second-order valence-electron chi connectivity index (χ2n) is 5.85. The van der Waals surface area contributed by atoms with Crippen molar-refractivity contribution in [2.45, 2.75) is 64.6 Å². The fourth-order valence-corrected chi connectivity index (χ4v) is 3.68. The molecule has 1 fully saturated rings. The van der Waals surface area contributed by atoms with Gasteiger partial charge >= 0.3 is 0 Å². The van der Waals surface area contributed by atoms with Gasteiger partial charge in [0.1, 0.15) is 0 Å². The molecule has 1 aromatic rings. The molecule has 1 aromatic carbocycles. The molecule has 3 atom stereocenters. The first-order valence-corrected chi connectivity index (χ1v) is 8.14. The summed E-state index contributed by atoms with van der Waals surface area (Å²) in [7, 11) is 0. The molecule has 3 heteroatoms. The van der Waals surface area contributed by atoms with E-state index in [2.05, 4.69) is 59.8 Å². The minimum absolute atomic E-state index is 0.205. The summed E-state index contributed by atoms with van der Waals surface area (Å²) in [4.78, 5) is 2.58. The van der Waals surface area contributed by atoms with Crippen LogP contribution in [0.25, 0.3) is 0 Å². The Kier molecular flexibility index (Phi) is 4.91. The summed E-state index contributed by atoms with van der Waals surface area (Å²) in [5, 5.41) is 0. The quantitative estimate of drug-likeness (QED) is 0.903. The average molecular weight is 325 g/mol. The van der Waals surface area contributed by atoms with Crippen molar-refractivity contribution in [3.63, 3.8) is 0 Å². The number of halogens is 1. The summed E-state index contributed by atoms with van der Waals surface area (Å²) in [5.41, 5.74) is 8.54. The summed E-state index contributed by atoms with van der Waals surface area (Å²) in [6.45, 7) is 6.67. The summed E-state index contributed by atoms with van der Waals surface area (Å²) in [5.74, 6) is 0. The van der Waals surface area contributed by atoms with Crippen molar-refractivity contribution < 1.29 is 0 Å². The lowest BCUT2D eigenvalue weighted by molar-refractivity contribution is 0.627. The predicted octanol–water partition coefficient (Wildman–Crippen LogP) is 4.11. The molecule has 0 aromatic heterocycles. The SMILES string of the molecule is CCC1CCC(C)N1c1ccc(CC(C)N)c(Br)c1. The van der Waals surface area contributed by atoms with Gasteiger partial charge in [-0.05, 0) is 57.2 Å². The summed E-state index contributed by atoms with van der Waals surface area (Å²) in [6.07, 6.45) is 4.77. The van der Waals surface area contributed by atoms with Crippen LogP contribution in [0.1, 0.15) is 45.6 Å². The lowest BCUT2D eigenvalue weighted by Gasteiger charge is -2.31. The lowest BCUT2D eigenvalue weighted by atomic mass is 10.1. The van der Waals surface area contributed by atoms with Crippen molar-refractivity contribution >= 4 is 21.6 Å². The maximum atomic E-state index is 5.89. The van der Waals surface area contributed by atoms with E-state index in [-0.39, 0.29) is 6.04 Å². The molecular weight excluding hydrogens is 300 g/mol. The van der Waals surface area contributed by atoms with Crippen LogP contribution >= 0.6 is 15.9 Å². The van der Waals surface area contributed by atoms with E-state index in [0.717, 1.165) is 6.42 Å². The first-order valence-electron chi connectivity index (χ1n) is 7.35. The maximum Gasteiger partial charge on any atom is 0.0382 e. The second-order valence-corrected chi connectivity index (χ2v) is 6.71. The molecule has 1 saturated heterocycles. The molecule has 2 rings (SSSR count). The van der Waals surface area contributed by atoms with Crippen LogP contribution in [0.15, 0.2) is 22.7 Å². The smallest absolute Gasteiger partial charge is 0.0382 e. The molecular formula is C16H25BrN2. The van der Waals surface area contributed by atoms with Crippen LogP contribution in [0.5, 0.6) is 0 Å². The number of nitrogens with zero attached hydrogens (tertiary/aromatic N) is 1. The third-order valence-corrected chi connectivity index (χ3v) is 4.87. The molecule has 19 heavy (non-hydrogen) atoms. The fourth-order valence-electron chi connectivity index (χ4n) is 3.15. The van der Waals surface area contributed by atoms with Crippen LogP contribution in [0.2, 0.25) is 0 Å². The number of hydrogen-bond donors (Lipinski definition) is 1. The van der Waals surface area contributed by atoms with Gasteiger partial charge in [0.05, 0.1) is 0 Å². The highest BCUT2D eigenvalue weighted by molar-refractivity contribution is 9.10. The van der Waals surface area contributed by atoms with Gasteiger partial charge in [0.15, 0.2) is 0 Å².